The topological polar surface area (TPSA) is 75.6 Å². The molecule has 2 fully saturated rings. The molecule has 5 heteroatoms. The van der Waals surface area contributed by atoms with E-state index < -0.39 is 23.7 Å². The summed E-state index contributed by atoms with van der Waals surface area (Å²) in [4.78, 5) is 22.4. The van der Waals surface area contributed by atoms with Crippen molar-refractivity contribution in [3.05, 3.63) is 0 Å². The van der Waals surface area contributed by atoms with Gasteiger partial charge in [-0.2, -0.15) is 0 Å². The Balaban J connectivity index is 2.36. The second-order valence-electron chi connectivity index (χ2n) is 3.65. The monoisotopic (exact) mass is 185 g/mol. The molecule has 0 aromatic rings. The molecule has 0 aromatic heterocycles. The normalized spacial score (nSPS) is 44.5. The molecule has 5 nitrogen and oxygen atoms in total. The van der Waals surface area contributed by atoms with Gasteiger partial charge in [-0.05, 0) is 13.8 Å². The molecule has 0 saturated carbocycles. The Labute approximate surface area is 75.1 Å². The molecule has 4 atom stereocenters. The first kappa shape index (κ1) is 8.50. The highest BCUT2D eigenvalue weighted by Crippen LogP contribution is 2.40. The van der Waals surface area contributed by atoms with Crippen LogP contribution in [-0.4, -0.2) is 34.7 Å². The van der Waals surface area contributed by atoms with Crippen LogP contribution in [0.15, 0.2) is 0 Å². The Kier molecular flexibility index (Phi) is 1.46. The van der Waals surface area contributed by atoms with Gasteiger partial charge in [-0.25, -0.2) is 4.79 Å². The lowest BCUT2D eigenvalue weighted by atomic mass is 9.81. The van der Waals surface area contributed by atoms with E-state index in [0.29, 0.717) is 0 Å². The lowest BCUT2D eigenvalue weighted by Crippen LogP contribution is -2.72. The third-order valence-electron chi connectivity index (χ3n) is 2.88. The third-order valence-corrected chi connectivity index (χ3v) is 2.88. The Morgan fingerprint density at radius 3 is 2.54 bits per heavy atom. The molecule has 0 spiro atoms. The van der Waals surface area contributed by atoms with Crippen LogP contribution in [0.5, 0.6) is 0 Å². The molecule has 2 rings (SSSR count). The van der Waals surface area contributed by atoms with Gasteiger partial charge in [0.1, 0.15) is 6.10 Å². The number of carbonyl (C=O) groups is 2. The first-order valence-electron chi connectivity index (χ1n) is 4.21. The zero-order valence-corrected chi connectivity index (χ0v) is 7.40. The quantitative estimate of drug-likeness (QED) is 0.503. The minimum atomic E-state index is -1.17. The summed E-state index contributed by atoms with van der Waals surface area (Å²) in [6.45, 7) is 3.16. The van der Waals surface area contributed by atoms with Crippen molar-refractivity contribution in [1.29, 1.82) is 0 Å². The zero-order chi connectivity index (χ0) is 9.80. The van der Waals surface area contributed by atoms with E-state index >= 15 is 0 Å². The molecule has 2 aliphatic rings. The number of hydrogen-bond acceptors (Lipinski definition) is 4. The molecule has 2 N–H and O–H groups in total. The van der Waals surface area contributed by atoms with E-state index in [4.69, 9.17) is 4.74 Å². The SMILES string of the molecule is CC1C(=O)NC2(C(C)O)C(=O)OC12. The third kappa shape index (κ3) is 0.751. The van der Waals surface area contributed by atoms with Crippen LogP contribution in [0.25, 0.3) is 0 Å². The average molecular weight is 185 g/mol. The van der Waals surface area contributed by atoms with Crippen molar-refractivity contribution in [2.45, 2.75) is 31.6 Å². The standard InChI is InChI=1S/C8H11NO4/c1-3-5-8(4(2)10,7(12)13-5)9-6(3)11/h3-5,10H,1-2H3,(H,9,11). The Bertz CT molecular complexity index is 288. The van der Waals surface area contributed by atoms with E-state index in [1.807, 2.05) is 0 Å². The van der Waals surface area contributed by atoms with Gasteiger partial charge in [-0.15, -0.1) is 0 Å². The van der Waals surface area contributed by atoms with E-state index in [1.165, 1.54) is 6.92 Å². The minimum absolute atomic E-state index is 0.239. The summed E-state index contributed by atoms with van der Waals surface area (Å²) in [5, 5.41) is 11.9. The molecule has 0 radical (unpaired) electrons. The van der Waals surface area contributed by atoms with Crippen molar-refractivity contribution in [1.82, 2.24) is 5.32 Å². The van der Waals surface area contributed by atoms with Gasteiger partial charge in [0.2, 0.25) is 11.4 Å². The number of amides is 1. The fourth-order valence-corrected chi connectivity index (χ4v) is 1.95. The lowest BCUT2D eigenvalue weighted by molar-refractivity contribution is -0.202. The zero-order valence-electron chi connectivity index (χ0n) is 7.40. The summed E-state index contributed by atoms with van der Waals surface area (Å²) in [7, 11) is 0. The van der Waals surface area contributed by atoms with Crippen LogP contribution in [0.4, 0.5) is 0 Å². The number of fused-ring (bicyclic) bond motifs is 1. The predicted octanol–water partition coefficient (Wildman–Crippen LogP) is -1.20. The van der Waals surface area contributed by atoms with Gasteiger partial charge in [0.25, 0.3) is 0 Å². The van der Waals surface area contributed by atoms with Gasteiger partial charge in [0.15, 0.2) is 0 Å². The van der Waals surface area contributed by atoms with Crippen molar-refractivity contribution in [3.63, 3.8) is 0 Å². The fourth-order valence-electron chi connectivity index (χ4n) is 1.95. The summed E-state index contributed by atoms with van der Waals surface area (Å²) in [6.07, 6.45) is -1.42. The van der Waals surface area contributed by atoms with E-state index in [0.717, 1.165) is 0 Å². The number of aliphatic hydroxyl groups excluding tert-OH is 1. The lowest BCUT2D eigenvalue weighted by Gasteiger charge is -2.44. The molecule has 2 heterocycles. The minimum Gasteiger partial charge on any atom is -0.456 e. The first-order valence-corrected chi connectivity index (χ1v) is 4.21. The van der Waals surface area contributed by atoms with Crippen LogP contribution in [-0.2, 0) is 14.3 Å². The van der Waals surface area contributed by atoms with Crippen molar-refractivity contribution in [2.75, 3.05) is 0 Å². The van der Waals surface area contributed by atoms with Gasteiger partial charge < -0.3 is 15.2 Å². The van der Waals surface area contributed by atoms with Crippen molar-refractivity contribution >= 4 is 11.9 Å². The van der Waals surface area contributed by atoms with Crippen LogP contribution in [0.1, 0.15) is 13.8 Å². The van der Waals surface area contributed by atoms with Gasteiger partial charge in [-0.3, -0.25) is 4.79 Å². The maximum absolute atomic E-state index is 11.2. The van der Waals surface area contributed by atoms with E-state index in [2.05, 4.69) is 5.32 Å². The van der Waals surface area contributed by atoms with Crippen molar-refractivity contribution < 1.29 is 19.4 Å². The van der Waals surface area contributed by atoms with E-state index in [-0.39, 0.29) is 11.8 Å². The molecular formula is C8H11NO4. The summed E-state index contributed by atoms with van der Waals surface area (Å²) < 4.78 is 4.83. The van der Waals surface area contributed by atoms with Crippen LogP contribution in [0, 0.1) is 5.92 Å². The Morgan fingerprint density at radius 2 is 2.23 bits per heavy atom. The van der Waals surface area contributed by atoms with Crippen molar-refractivity contribution in [3.8, 4) is 0 Å². The summed E-state index contributed by atoms with van der Waals surface area (Å²) >= 11 is 0. The van der Waals surface area contributed by atoms with E-state index in [1.54, 1.807) is 6.92 Å². The maximum Gasteiger partial charge on any atom is 0.338 e. The van der Waals surface area contributed by atoms with Crippen LogP contribution in [0.3, 0.4) is 0 Å². The smallest absolute Gasteiger partial charge is 0.338 e. The largest absolute Gasteiger partial charge is 0.456 e. The van der Waals surface area contributed by atoms with Gasteiger partial charge in [0.05, 0.1) is 12.0 Å². The number of esters is 1. The molecule has 0 aliphatic carbocycles. The van der Waals surface area contributed by atoms with Crippen LogP contribution < -0.4 is 5.32 Å². The number of nitrogens with one attached hydrogen (secondary N) is 1. The molecule has 2 aliphatic heterocycles. The molecule has 72 valence electrons. The number of rotatable bonds is 1. The number of hydrogen-bond donors (Lipinski definition) is 2. The highest BCUT2D eigenvalue weighted by Gasteiger charge is 2.69. The molecule has 1 amide bonds. The highest BCUT2D eigenvalue weighted by atomic mass is 16.6. The maximum atomic E-state index is 11.2. The van der Waals surface area contributed by atoms with Gasteiger partial charge in [0, 0.05) is 0 Å². The molecule has 0 bridgehead atoms. The summed E-state index contributed by atoms with van der Waals surface area (Å²) in [5.41, 5.74) is -1.17. The summed E-state index contributed by atoms with van der Waals surface area (Å²) in [6, 6.07) is 0. The molecule has 2 saturated heterocycles. The second-order valence-corrected chi connectivity index (χ2v) is 3.65. The van der Waals surface area contributed by atoms with Gasteiger partial charge >= 0.3 is 5.97 Å². The Morgan fingerprint density at radius 1 is 1.62 bits per heavy atom. The molecular weight excluding hydrogens is 174 g/mol. The molecule has 0 aromatic carbocycles. The van der Waals surface area contributed by atoms with Crippen molar-refractivity contribution in [2.24, 2.45) is 5.92 Å². The highest BCUT2D eigenvalue weighted by molar-refractivity contribution is 5.99. The van der Waals surface area contributed by atoms with Gasteiger partial charge in [-0.1, -0.05) is 0 Å². The second kappa shape index (κ2) is 2.23. The fraction of sp³-hybridized carbons (Fsp3) is 0.750. The van der Waals surface area contributed by atoms with E-state index in [9.17, 15) is 14.7 Å². The van der Waals surface area contributed by atoms with Crippen LogP contribution >= 0.6 is 0 Å². The average Bonchev–Trinajstić information content (AvgIpc) is 2.25. The summed E-state index contributed by atoms with van der Waals surface area (Å²) in [5.74, 6) is -1.14. The molecule has 13 heavy (non-hydrogen) atoms. The Hall–Kier alpha value is -1.10. The predicted molar refractivity (Wildman–Crippen MR) is 41.6 cm³/mol. The number of aliphatic hydroxyl groups is 1. The van der Waals surface area contributed by atoms with Crippen LogP contribution in [0.2, 0.25) is 0 Å². The number of carbonyl (C=O) groups excluding carboxylic acids is 2. The molecule has 4 unspecified atom stereocenters. The number of ether oxygens (including phenoxy) is 1. The first-order chi connectivity index (χ1) is 6.00.